The summed E-state index contributed by atoms with van der Waals surface area (Å²) in [6.07, 6.45) is 4.90. The Kier molecular flexibility index (Phi) is 10.8. The van der Waals surface area contributed by atoms with Crippen LogP contribution in [0.25, 0.3) is 17.0 Å². The number of amides is 2. The van der Waals surface area contributed by atoms with Crippen molar-refractivity contribution < 1.29 is 19.1 Å². The Bertz CT molecular complexity index is 1200. The predicted octanol–water partition coefficient (Wildman–Crippen LogP) is 3.67. The summed E-state index contributed by atoms with van der Waals surface area (Å²) >= 11 is 0. The van der Waals surface area contributed by atoms with Crippen molar-refractivity contribution in [2.24, 2.45) is 5.92 Å². The number of ether oxygens (including phenoxy) is 1. The molecule has 0 saturated carbocycles. The molecular weight excluding hydrogens is 494 g/mol. The Balaban J connectivity index is 1.58. The molecule has 1 aliphatic rings. The third-order valence-electron chi connectivity index (χ3n) is 6.84. The van der Waals surface area contributed by atoms with Crippen LogP contribution >= 0.6 is 0 Å². The molecule has 2 aromatic rings. The molecule has 4 unspecified atom stereocenters. The summed E-state index contributed by atoms with van der Waals surface area (Å²) in [5, 5.41) is 8.44. The largest absolute Gasteiger partial charge is 0.457 e. The van der Waals surface area contributed by atoms with Gasteiger partial charge in [0.1, 0.15) is 18.2 Å². The lowest BCUT2D eigenvalue weighted by atomic mass is 10.0. The van der Waals surface area contributed by atoms with E-state index < -0.39 is 30.2 Å². The van der Waals surface area contributed by atoms with Gasteiger partial charge in [0.25, 0.3) is 5.91 Å². The third kappa shape index (κ3) is 7.97. The number of rotatable bonds is 12. The molecule has 0 radical (unpaired) electrons. The molecule has 3 N–H and O–H groups in total. The lowest BCUT2D eigenvalue weighted by molar-refractivity contribution is -0.157. The van der Waals surface area contributed by atoms with Crippen LogP contribution in [0.4, 0.5) is 0 Å². The fourth-order valence-electron chi connectivity index (χ4n) is 4.53. The van der Waals surface area contributed by atoms with Crippen molar-refractivity contribution in [2.45, 2.75) is 71.2 Å². The van der Waals surface area contributed by atoms with Crippen LogP contribution in [0, 0.1) is 5.92 Å². The van der Waals surface area contributed by atoms with Crippen LogP contribution in [-0.2, 0) is 19.1 Å². The minimum Gasteiger partial charge on any atom is -0.457 e. The summed E-state index contributed by atoms with van der Waals surface area (Å²) in [6, 6.07) is 7.80. The van der Waals surface area contributed by atoms with Gasteiger partial charge in [-0.3, -0.25) is 19.4 Å². The first-order valence-electron chi connectivity index (χ1n) is 13.6. The summed E-state index contributed by atoms with van der Waals surface area (Å²) in [7, 11) is 0. The molecule has 1 saturated heterocycles. The lowest BCUT2D eigenvalue weighted by Gasteiger charge is -2.35. The number of nitrogens with one attached hydrogen (secondary N) is 3. The molecule has 1 aromatic carbocycles. The quantitative estimate of drug-likeness (QED) is 0.216. The average molecular weight is 536 g/mol. The highest BCUT2D eigenvalue weighted by molar-refractivity contribution is 5.90. The van der Waals surface area contributed by atoms with Crippen LogP contribution in [0.5, 0.6) is 0 Å². The summed E-state index contributed by atoms with van der Waals surface area (Å²) in [6.45, 7) is 15.9. The molecular formula is C30H41N5O4. The molecule has 9 heteroatoms. The summed E-state index contributed by atoms with van der Waals surface area (Å²) in [5.74, 6) is -0.924. The van der Waals surface area contributed by atoms with Crippen LogP contribution in [0.3, 0.4) is 0 Å². The van der Waals surface area contributed by atoms with Gasteiger partial charge in [0.15, 0.2) is 0 Å². The fourth-order valence-corrected chi connectivity index (χ4v) is 4.53. The van der Waals surface area contributed by atoms with Gasteiger partial charge in [-0.05, 0) is 69.3 Å². The number of hydrogen-bond acceptors (Lipinski definition) is 7. The number of aromatic nitrogens is 1. The standard InChI is InChI=1S/C30H41N5O4/c1-7-9-16-31-27(19(3)4)28(36)32-20(5)29(37)35-17-10-11-25(34-35)30(38)39-21(6)23-13-12-22-14-15-24(8-2)33-26(22)18-23/h7-8,12-15,18-21,25,27,31,34H,1-2,9-11,16-17H2,3-6H3,(H,32,36). The van der Waals surface area contributed by atoms with E-state index in [9.17, 15) is 14.4 Å². The third-order valence-corrected chi connectivity index (χ3v) is 6.84. The molecule has 4 atom stereocenters. The highest BCUT2D eigenvalue weighted by Gasteiger charge is 2.33. The van der Waals surface area contributed by atoms with E-state index in [1.807, 2.05) is 51.1 Å². The van der Waals surface area contributed by atoms with Gasteiger partial charge < -0.3 is 15.4 Å². The SMILES string of the molecule is C=CCCNC(C(=O)NC(C)C(=O)N1CCCC(C(=O)OC(C)c2ccc3ccc(C=C)nc3c2)N1)C(C)C. The van der Waals surface area contributed by atoms with Gasteiger partial charge in [-0.15, -0.1) is 6.58 Å². The van der Waals surface area contributed by atoms with Crippen molar-refractivity contribution in [3.8, 4) is 0 Å². The Morgan fingerprint density at radius 1 is 1.18 bits per heavy atom. The molecule has 0 spiro atoms. The number of fused-ring (bicyclic) bond motifs is 1. The predicted molar refractivity (Wildman–Crippen MR) is 153 cm³/mol. The van der Waals surface area contributed by atoms with Crippen molar-refractivity contribution >= 4 is 34.8 Å². The Morgan fingerprint density at radius 2 is 1.92 bits per heavy atom. The van der Waals surface area contributed by atoms with Crippen LogP contribution in [0.15, 0.2) is 49.6 Å². The Hall–Kier alpha value is -3.56. The zero-order valence-electron chi connectivity index (χ0n) is 23.4. The van der Waals surface area contributed by atoms with Gasteiger partial charge >= 0.3 is 5.97 Å². The van der Waals surface area contributed by atoms with Crippen LogP contribution in [-0.4, -0.2) is 59.0 Å². The molecule has 0 aliphatic carbocycles. The van der Waals surface area contributed by atoms with Crippen molar-refractivity contribution in [3.05, 3.63) is 60.8 Å². The van der Waals surface area contributed by atoms with Gasteiger partial charge in [0, 0.05) is 11.9 Å². The van der Waals surface area contributed by atoms with Gasteiger partial charge in [-0.25, -0.2) is 10.4 Å². The van der Waals surface area contributed by atoms with E-state index in [1.165, 1.54) is 5.01 Å². The molecule has 1 aliphatic heterocycles. The first kappa shape index (κ1) is 30.0. The molecule has 39 heavy (non-hydrogen) atoms. The van der Waals surface area contributed by atoms with Crippen molar-refractivity contribution in [2.75, 3.05) is 13.1 Å². The molecule has 9 nitrogen and oxygen atoms in total. The van der Waals surface area contributed by atoms with E-state index in [2.05, 4.69) is 34.2 Å². The topological polar surface area (TPSA) is 113 Å². The highest BCUT2D eigenvalue weighted by atomic mass is 16.5. The number of benzene rings is 1. The van der Waals surface area contributed by atoms with Crippen LogP contribution in [0.1, 0.15) is 64.3 Å². The molecule has 3 rings (SSSR count). The summed E-state index contributed by atoms with van der Waals surface area (Å²) in [5.41, 5.74) is 5.41. The van der Waals surface area contributed by atoms with E-state index >= 15 is 0 Å². The van der Waals surface area contributed by atoms with E-state index in [0.717, 1.165) is 28.6 Å². The van der Waals surface area contributed by atoms with E-state index in [1.54, 1.807) is 19.1 Å². The Labute approximate surface area is 231 Å². The monoisotopic (exact) mass is 535 g/mol. The fraction of sp³-hybridized carbons (Fsp3) is 0.467. The van der Waals surface area contributed by atoms with Crippen LogP contribution in [0.2, 0.25) is 0 Å². The Morgan fingerprint density at radius 3 is 2.62 bits per heavy atom. The normalized spacial score (nSPS) is 17.8. The maximum atomic E-state index is 13.1. The minimum atomic E-state index is -0.758. The molecule has 1 fully saturated rings. The molecule has 2 amide bonds. The number of esters is 1. The molecule has 2 heterocycles. The number of carbonyl (C=O) groups is 3. The molecule has 1 aromatic heterocycles. The maximum Gasteiger partial charge on any atom is 0.325 e. The van der Waals surface area contributed by atoms with Crippen molar-refractivity contribution in [3.63, 3.8) is 0 Å². The minimum absolute atomic E-state index is 0.0498. The van der Waals surface area contributed by atoms with Gasteiger partial charge in [-0.1, -0.05) is 44.7 Å². The smallest absolute Gasteiger partial charge is 0.325 e. The number of carbonyl (C=O) groups excluding carboxylic acids is 3. The lowest BCUT2D eigenvalue weighted by Crippen LogP contribution is -2.60. The first-order chi connectivity index (χ1) is 18.6. The van der Waals surface area contributed by atoms with Gasteiger partial charge in [0.2, 0.25) is 5.91 Å². The molecule has 0 bridgehead atoms. The van der Waals surface area contributed by atoms with Crippen molar-refractivity contribution in [1.29, 1.82) is 0 Å². The van der Waals surface area contributed by atoms with Gasteiger partial charge in [0.05, 0.1) is 17.3 Å². The summed E-state index contributed by atoms with van der Waals surface area (Å²) < 4.78 is 5.77. The molecule has 210 valence electrons. The second-order valence-electron chi connectivity index (χ2n) is 10.3. The zero-order chi connectivity index (χ0) is 28.5. The summed E-state index contributed by atoms with van der Waals surface area (Å²) in [4.78, 5) is 43.5. The maximum absolute atomic E-state index is 13.1. The average Bonchev–Trinajstić information content (AvgIpc) is 2.93. The second kappa shape index (κ2) is 14.0. The number of hydrogen-bond donors (Lipinski definition) is 3. The first-order valence-corrected chi connectivity index (χ1v) is 13.6. The highest BCUT2D eigenvalue weighted by Crippen LogP contribution is 2.23. The van der Waals surface area contributed by atoms with Crippen molar-refractivity contribution in [1.82, 2.24) is 26.1 Å². The van der Waals surface area contributed by atoms with Crippen LogP contribution < -0.4 is 16.1 Å². The zero-order valence-corrected chi connectivity index (χ0v) is 23.4. The number of hydrazine groups is 1. The van der Waals surface area contributed by atoms with E-state index in [0.29, 0.717) is 25.9 Å². The number of pyridine rings is 1. The van der Waals surface area contributed by atoms with E-state index in [-0.39, 0.29) is 17.7 Å². The van der Waals surface area contributed by atoms with E-state index in [4.69, 9.17) is 4.74 Å². The number of nitrogens with zero attached hydrogens (tertiary/aromatic N) is 2. The van der Waals surface area contributed by atoms with Gasteiger partial charge in [-0.2, -0.15) is 0 Å². The second-order valence-corrected chi connectivity index (χ2v) is 10.3.